The van der Waals surface area contributed by atoms with E-state index in [4.69, 9.17) is 0 Å². The molecule has 0 aromatic heterocycles. The Morgan fingerprint density at radius 1 is 0.950 bits per heavy atom. The first kappa shape index (κ1) is 15.3. The van der Waals surface area contributed by atoms with Crippen molar-refractivity contribution in [1.82, 2.24) is 10.2 Å². The Balaban J connectivity index is 1.81. The molecule has 0 aliphatic carbocycles. The topological polar surface area (TPSA) is 18.5 Å². The summed E-state index contributed by atoms with van der Waals surface area (Å²) in [5.41, 5.74) is 2.76. The third-order valence-corrected chi connectivity index (χ3v) is 3.97. The van der Waals surface area contributed by atoms with Crippen LogP contribution in [0.25, 0.3) is 0 Å². The van der Waals surface area contributed by atoms with Crippen molar-refractivity contribution in [2.45, 2.75) is 33.2 Å². The third kappa shape index (κ3) is 4.50. The zero-order valence-electron chi connectivity index (χ0n) is 13.1. The Morgan fingerprint density at radius 2 is 1.65 bits per heavy atom. The van der Waals surface area contributed by atoms with Crippen molar-refractivity contribution in [3.63, 3.8) is 0 Å². The summed E-state index contributed by atoms with van der Waals surface area (Å²) in [4.78, 5) is 5.08. The van der Waals surface area contributed by atoms with E-state index in [1.165, 1.54) is 43.7 Å². The predicted octanol–water partition coefficient (Wildman–Crippen LogP) is 2.72. The summed E-state index contributed by atoms with van der Waals surface area (Å²) in [5.74, 6) is 0. The molecule has 3 nitrogen and oxygen atoms in total. The van der Waals surface area contributed by atoms with Gasteiger partial charge in [0.05, 0.1) is 0 Å². The fourth-order valence-electron chi connectivity index (χ4n) is 2.78. The van der Waals surface area contributed by atoms with E-state index >= 15 is 0 Å². The quantitative estimate of drug-likeness (QED) is 0.772. The zero-order valence-corrected chi connectivity index (χ0v) is 13.1. The van der Waals surface area contributed by atoms with Crippen molar-refractivity contribution in [1.29, 1.82) is 0 Å². The minimum atomic E-state index is 0.985. The lowest BCUT2D eigenvalue weighted by Crippen LogP contribution is -2.46. The minimum Gasteiger partial charge on any atom is -0.369 e. The molecule has 1 aromatic carbocycles. The van der Waals surface area contributed by atoms with Crippen LogP contribution >= 0.6 is 0 Å². The highest BCUT2D eigenvalue weighted by Crippen LogP contribution is 2.17. The van der Waals surface area contributed by atoms with Crippen LogP contribution in [0.15, 0.2) is 24.3 Å². The zero-order chi connectivity index (χ0) is 14.2. The number of nitrogens with zero attached hydrogens (tertiary/aromatic N) is 2. The molecule has 0 saturated carbocycles. The van der Waals surface area contributed by atoms with Crippen LogP contribution in [0, 0.1) is 0 Å². The number of nitrogens with one attached hydrogen (secondary N) is 1. The number of piperazine rings is 1. The van der Waals surface area contributed by atoms with Gasteiger partial charge in [0.1, 0.15) is 0 Å². The van der Waals surface area contributed by atoms with Crippen LogP contribution in [-0.4, -0.2) is 44.2 Å². The van der Waals surface area contributed by atoms with Gasteiger partial charge in [-0.15, -0.1) is 0 Å². The molecule has 1 aliphatic rings. The van der Waals surface area contributed by atoms with Crippen LogP contribution in [0.2, 0.25) is 0 Å². The summed E-state index contributed by atoms with van der Waals surface area (Å²) >= 11 is 0. The molecule has 0 spiro atoms. The molecule has 20 heavy (non-hydrogen) atoms. The van der Waals surface area contributed by atoms with Gasteiger partial charge in [0, 0.05) is 38.4 Å². The van der Waals surface area contributed by atoms with E-state index in [2.05, 4.69) is 53.2 Å². The molecular weight excluding hydrogens is 246 g/mol. The van der Waals surface area contributed by atoms with Gasteiger partial charge in [-0.3, -0.25) is 4.90 Å². The molecule has 0 radical (unpaired) electrons. The summed E-state index contributed by atoms with van der Waals surface area (Å²) in [7, 11) is 0. The van der Waals surface area contributed by atoms with E-state index in [1.807, 2.05) is 0 Å². The SMILES string of the molecule is CCCNCc1ccc(N2CCN(CCC)CC2)cc1. The van der Waals surface area contributed by atoms with Gasteiger partial charge in [-0.2, -0.15) is 0 Å². The Morgan fingerprint density at radius 3 is 2.25 bits per heavy atom. The highest BCUT2D eigenvalue weighted by molar-refractivity contribution is 5.48. The number of rotatable bonds is 7. The number of anilines is 1. The molecule has 1 fully saturated rings. The van der Waals surface area contributed by atoms with Crippen molar-refractivity contribution in [3.05, 3.63) is 29.8 Å². The van der Waals surface area contributed by atoms with Gasteiger partial charge < -0.3 is 10.2 Å². The largest absolute Gasteiger partial charge is 0.369 e. The summed E-state index contributed by atoms with van der Waals surface area (Å²) < 4.78 is 0. The Hall–Kier alpha value is -1.06. The molecule has 3 heteroatoms. The van der Waals surface area contributed by atoms with E-state index in [9.17, 15) is 0 Å². The van der Waals surface area contributed by atoms with E-state index < -0.39 is 0 Å². The summed E-state index contributed by atoms with van der Waals surface area (Å²) in [6.07, 6.45) is 2.46. The van der Waals surface area contributed by atoms with Crippen molar-refractivity contribution in [2.24, 2.45) is 0 Å². The van der Waals surface area contributed by atoms with Crippen LogP contribution in [0.1, 0.15) is 32.3 Å². The number of benzene rings is 1. The maximum atomic E-state index is 3.45. The maximum absolute atomic E-state index is 3.45. The lowest BCUT2D eigenvalue weighted by Gasteiger charge is -2.36. The number of hydrogen-bond acceptors (Lipinski definition) is 3. The molecule has 0 atom stereocenters. The Labute approximate surface area is 124 Å². The number of hydrogen-bond donors (Lipinski definition) is 1. The lowest BCUT2D eigenvalue weighted by atomic mass is 10.1. The molecule has 1 aliphatic heterocycles. The molecule has 0 unspecified atom stereocenters. The second kappa shape index (κ2) is 8.28. The van der Waals surface area contributed by atoms with Gasteiger partial charge in [0.15, 0.2) is 0 Å². The van der Waals surface area contributed by atoms with Crippen molar-refractivity contribution >= 4 is 5.69 Å². The molecule has 1 N–H and O–H groups in total. The third-order valence-electron chi connectivity index (χ3n) is 3.97. The van der Waals surface area contributed by atoms with Crippen LogP contribution in [-0.2, 0) is 6.54 Å². The molecule has 2 rings (SSSR count). The predicted molar refractivity (Wildman–Crippen MR) is 87.4 cm³/mol. The van der Waals surface area contributed by atoms with Crippen LogP contribution in [0.3, 0.4) is 0 Å². The molecule has 1 aromatic rings. The highest BCUT2D eigenvalue weighted by Gasteiger charge is 2.16. The van der Waals surface area contributed by atoms with Gasteiger partial charge >= 0.3 is 0 Å². The summed E-state index contributed by atoms with van der Waals surface area (Å²) in [6.45, 7) is 12.5. The van der Waals surface area contributed by atoms with Crippen LogP contribution in [0.5, 0.6) is 0 Å². The van der Waals surface area contributed by atoms with Crippen LogP contribution < -0.4 is 10.2 Å². The first-order chi connectivity index (χ1) is 9.83. The Kier molecular flexibility index (Phi) is 6.34. The average Bonchev–Trinajstić information content (AvgIpc) is 2.49. The minimum absolute atomic E-state index is 0.985. The smallest absolute Gasteiger partial charge is 0.0367 e. The molecule has 1 heterocycles. The van der Waals surface area contributed by atoms with E-state index in [-0.39, 0.29) is 0 Å². The molecule has 0 amide bonds. The first-order valence-electron chi connectivity index (χ1n) is 8.10. The van der Waals surface area contributed by atoms with Crippen molar-refractivity contribution in [3.8, 4) is 0 Å². The van der Waals surface area contributed by atoms with Gasteiger partial charge in [-0.05, 0) is 43.6 Å². The standard InChI is InChI=1S/C17H29N3/c1-3-9-18-15-16-5-7-17(8-6-16)20-13-11-19(10-4-2)12-14-20/h5-8,18H,3-4,9-15H2,1-2H3. The van der Waals surface area contributed by atoms with E-state index in [0.717, 1.165) is 26.2 Å². The van der Waals surface area contributed by atoms with Gasteiger partial charge in [0.2, 0.25) is 0 Å². The summed E-state index contributed by atoms with van der Waals surface area (Å²) in [5, 5.41) is 3.45. The second-order valence-electron chi connectivity index (χ2n) is 5.67. The Bertz CT molecular complexity index is 366. The van der Waals surface area contributed by atoms with Crippen molar-refractivity contribution in [2.75, 3.05) is 44.2 Å². The normalized spacial score (nSPS) is 16.6. The second-order valence-corrected chi connectivity index (χ2v) is 5.67. The van der Waals surface area contributed by atoms with Gasteiger partial charge in [-0.25, -0.2) is 0 Å². The van der Waals surface area contributed by atoms with Gasteiger partial charge in [0.25, 0.3) is 0 Å². The summed E-state index contributed by atoms with van der Waals surface area (Å²) in [6, 6.07) is 9.07. The van der Waals surface area contributed by atoms with Crippen LogP contribution in [0.4, 0.5) is 5.69 Å². The highest BCUT2D eigenvalue weighted by atomic mass is 15.3. The average molecular weight is 275 g/mol. The fourth-order valence-corrected chi connectivity index (χ4v) is 2.78. The van der Waals surface area contributed by atoms with E-state index in [0.29, 0.717) is 0 Å². The monoisotopic (exact) mass is 275 g/mol. The molecule has 0 bridgehead atoms. The van der Waals surface area contributed by atoms with E-state index in [1.54, 1.807) is 0 Å². The fraction of sp³-hybridized carbons (Fsp3) is 0.647. The van der Waals surface area contributed by atoms with Gasteiger partial charge in [-0.1, -0.05) is 26.0 Å². The van der Waals surface area contributed by atoms with Crippen molar-refractivity contribution < 1.29 is 0 Å². The molecule has 1 saturated heterocycles. The molecular formula is C17H29N3. The molecule has 112 valence electrons. The lowest BCUT2D eigenvalue weighted by molar-refractivity contribution is 0.258. The first-order valence-corrected chi connectivity index (χ1v) is 8.10. The maximum Gasteiger partial charge on any atom is 0.0367 e.